The lowest BCUT2D eigenvalue weighted by Crippen LogP contribution is -2.26. The van der Waals surface area contributed by atoms with Gasteiger partial charge in [-0.1, -0.05) is 37.6 Å². The molecular formula is C17H22ClN3O2. The zero-order valence-corrected chi connectivity index (χ0v) is 14.2. The first-order valence-electron chi connectivity index (χ1n) is 7.61. The molecule has 0 aliphatic rings. The van der Waals surface area contributed by atoms with Crippen LogP contribution < -0.4 is 5.32 Å². The molecule has 0 aliphatic heterocycles. The fourth-order valence-corrected chi connectivity index (χ4v) is 2.38. The maximum atomic E-state index is 12.1. The Morgan fingerprint density at radius 2 is 2.13 bits per heavy atom. The van der Waals surface area contributed by atoms with Gasteiger partial charge in [-0.25, -0.2) is 4.68 Å². The Kier molecular flexibility index (Phi) is 5.80. The van der Waals surface area contributed by atoms with Gasteiger partial charge in [0, 0.05) is 19.3 Å². The number of rotatable bonds is 7. The molecule has 1 amide bonds. The van der Waals surface area contributed by atoms with Crippen molar-refractivity contribution in [1.29, 1.82) is 0 Å². The number of hydrogen-bond acceptors (Lipinski definition) is 3. The number of para-hydroxylation sites is 1. The van der Waals surface area contributed by atoms with Crippen LogP contribution in [0, 0.1) is 5.41 Å². The summed E-state index contributed by atoms with van der Waals surface area (Å²) in [6.07, 6.45) is 4.85. The monoisotopic (exact) mass is 335 g/mol. The minimum atomic E-state index is -0.162. The Labute approximate surface area is 141 Å². The Bertz CT molecular complexity index is 667. The first kappa shape index (κ1) is 17.5. The zero-order valence-electron chi connectivity index (χ0n) is 13.4. The molecule has 0 fully saturated rings. The van der Waals surface area contributed by atoms with Crippen LogP contribution in [0.3, 0.4) is 0 Å². The molecule has 0 saturated carbocycles. The number of amides is 1. The number of aliphatic hydroxyl groups is 1. The largest absolute Gasteiger partial charge is 0.396 e. The molecule has 2 aromatic rings. The number of halogens is 1. The summed E-state index contributed by atoms with van der Waals surface area (Å²) < 4.78 is 1.59. The van der Waals surface area contributed by atoms with Crippen molar-refractivity contribution in [2.24, 2.45) is 5.41 Å². The van der Waals surface area contributed by atoms with Gasteiger partial charge in [-0.05, 0) is 30.4 Å². The van der Waals surface area contributed by atoms with Gasteiger partial charge < -0.3 is 10.4 Å². The lowest BCUT2D eigenvalue weighted by molar-refractivity contribution is 0.0948. The highest BCUT2D eigenvalue weighted by atomic mass is 35.5. The number of aliphatic hydroxyl groups excluding tert-OH is 1. The second-order valence-corrected chi connectivity index (χ2v) is 6.71. The molecule has 23 heavy (non-hydrogen) atoms. The summed E-state index contributed by atoms with van der Waals surface area (Å²) in [5.41, 5.74) is 1.11. The van der Waals surface area contributed by atoms with Gasteiger partial charge in [0.25, 0.3) is 5.91 Å². The predicted octanol–water partition coefficient (Wildman–Crippen LogP) is 3.05. The smallest absolute Gasteiger partial charge is 0.254 e. The first-order chi connectivity index (χ1) is 10.9. The minimum absolute atomic E-state index is 0.111. The van der Waals surface area contributed by atoms with Crippen LogP contribution in [0.25, 0.3) is 5.69 Å². The van der Waals surface area contributed by atoms with Crippen molar-refractivity contribution in [1.82, 2.24) is 15.1 Å². The predicted molar refractivity (Wildman–Crippen MR) is 91.0 cm³/mol. The number of aromatic nitrogens is 2. The standard InChI is InChI=1S/C17H22ClN3O2/c1-17(2,12-22)8-5-9-19-16(23)13-10-20-21(11-13)15-7-4-3-6-14(15)18/h3-4,6-7,10-11,22H,5,8-9,12H2,1-2H3,(H,19,23). The summed E-state index contributed by atoms with van der Waals surface area (Å²) in [4.78, 5) is 12.1. The molecule has 0 radical (unpaired) electrons. The third-order valence-electron chi connectivity index (χ3n) is 3.69. The van der Waals surface area contributed by atoms with Gasteiger partial charge in [-0.3, -0.25) is 4.79 Å². The summed E-state index contributed by atoms with van der Waals surface area (Å²) >= 11 is 6.12. The summed E-state index contributed by atoms with van der Waals surface area (Å²) in [6, 6.07) is 7.33. The molecule has 2 rings (SSSR count). The van der Waals surface area contributed by atoms with E-state index in [1.807, 2.05) is 32.0 Å². The number of benzene rings is 1. The molecule has 0 spiro atoms. The van der Waals surface area contributed by atoms with E-state index in [2.05, 4.69) is 10.4 Å². The van der Waals surface area contributed by atoms with Crippen molar-refractivity contribution in [3.8, 4) is 5.69 Å². The van der Waals surface area contributed by atoms with E-state index in [9.17, 15) is 9.90 Å². The van der Waals surface area contributed by atoms with E-state index >= 15 is 0 Å². The topological polar surface area (TPSA) is 67.2 Å². The second-order valence-electron chi connectivity index (χ2n) is 6.31. The highest BCUT2D eigenvalue weighted by Crippen LogP contribution is 2.21. The first-order valence-corrected chi connectivity index (χ1v) is 7.99. The molecule has 2 N–H and O–H groups in total. The molecule has 5 nitrogen and oxygen atoms in total. The van der Waals surface area contributed by atoms with Gasteiger partial charge >= 0.3 is 0 Å². The Morgan fingerprint density at radius 3 is 2.83 bits per heavy atom. The molecule has 1 aromatic heterocycles. The molecule has 0 bridgehead atoms. The average molecular weight is 336 g/mol. The second kappa shape index (κ2) is 7.62. The van der Waals surface area contributed by atoms with E-state index in [0.29, 0.717) is 17.1 Å². The third kappa shape index (κ3) is 4.81. The molecule has 0 aliphatic carbocycles. The maximum Gasteiger partial charge on any atom is 0.254 e. The number of nitrogens with one attached hydrogen (secondary N) is 1. The van der Waals surface area contributed by atoms with E-state index in [1.54, 1.807) is 16.9 Å². The van der Waals surface area contributed by atoms with Crippen LogP contribution in [0.5, 0.6) is 0 Å². The van der Waals surface area contributed by atoms with E-state index in [4.69, 9.17) is 11.6 Å². The van der Waals surface area contributed by atoms with Gasteiger partial charge in [0.2, 0.25) is 0 Å². The Morgan fingerprint density at radius 1 is 1.39 bits per heavy atom. The molecule has 0 unspecified atom stereocenters. The van der Waals surface area contributed by atoms with Gasteiger partial charge in [0.05, 0.1) is 22.5 Å². The summed E-state index contributed by atoms with van der Waals surface area (Å²) in [5, 5.41) is 16.8. The molecule has 1 aromatic carbocycles. The van der Waals surface area contributed by atoms with Crippen LogP contribution in [0.1, 0.15) is 37.0 Å². The number of carbonyl (C=O) groups excluding carboxylic acids is 1. The van der Waals surface area contributed by atoms with Crippen molar-refractivity contribution in [3.05, 3.63) is 47.2 Å². The van der Waals surface area contributed by atoms with Crippen LogP contribution in [-0.2, 0) is 0 Å². The van der Waals surface area contributed by atoms with Crippen LogP contribution in [0.2, 0.25) is 5.02 Å². The normalized spacial score (nSPS) is 11.5. The highest BCUT2D eigenvalue weighted by molar-refractivity contribution is 6.32. The molecule has 0 atom stereocenters. The lowest BCUT2D eigenvalue weighted by atomic mass is 9.89. The fourth-order valence-electron chi connectivity index (χ4n) is 2.16. The summed E-state index contributed by atoms with van der Waals surface area (Å²) in [5.74, 6) is -0.162. The quantitative estimate of drug-likeness (QED) is 0.764. The van der Waals surface area contributed by atoms with Crippen molar-refractivity contribution in [2.45, 2.75) is 26.7 Å². The van der Waals surface area contributed by atoms with Gasteiger partial charge in [-0.2, -0.15) is 5.10 Å². The van der Waals surface area contributed by atoms with E-state index in [1.165, 1.54) is 6.20 Å². The van der Waals surface area contributed by atoms with E-state index < -0.39 is 0 Å². The van der Waals surface area contributed by atoms with Crippen molar-refractivity contribution in [2.75, 3.05) is 13.2 Å². The van der Waals surface area contributed by atoms with E-state index in [-0.39, 0.29) is 17.9 Å². The van der Waals surface area contributed by atoms with Crippen molar-refractivity contribution < 1.29 is 9.90 Å². The van der Waals surface area contributed by atoms with Gasteiger partial charge in [-0.15, -0.1) is 0 Å². The van der Waals surface area contributed by atoms with Gasteiger partial charge in [0.15, 0.2) is 0 Å². The Hall–Kier alpha value is -1.85. The average Bonchev–Trinajstić information content (AvgIpc) is 3.01. The third-order valence-corrected chi connectivity index (χ3v) is 4.01. The molecular weight excluding hydrogens is 314 g/mol. The lowest BCUT2D eigenvalue weighted by Gasteiger charge is -2.21. The van der Waals surface area contributed by atoms with E-state index in [0.717, 1.165) is 18.5 Å². The number of nitrogens with zero attached hydrogens (tertiary/aromatic N) is 2. The molecule has 6 heteroatoms. The highest BCUT2D eigenvalue weighted by Gasteiger charge is 2.16. The zero-order chi connectivity index (χ0) is 16.9. The van der Waals surface area contributed by atoms with Crippen molar-refractivity contribution >= 4 is 17.5 Å². The fraction of sp³-hybridized carbons (Fsp3) is 0.412. The number of hydrogen-bond donors (Lipinski definition) is 2. The summed E-state index contributed by atoms with van der Waals surface area (Å²) in [6.45, 7) is 4.72. The maximum absolute atomic E-state index is 12.1. The SMILES string of the molecule is CC(C)(CO)CCCNC(=O)c1cnn(-c2ccccc2Cl)c1. The minimum Gasteiger partial charge on any atom is -0.396 e. The number of carbonyl (C=O) groups is 1. The summed E-state index contributed by atoms with van der Waals surface area (Å²) in [7, 11) is 0. The van der Waals surface area contributed by atoms with Crippen LogP contribution in [0.4, 0.5) is 0 Å². The van der Waals surface area contributed by atoms with Crippen LogP contribution >= 0.6 is 11.6 Å². The van der Waals surface area contributed by atoms with Crippen LogP contribution in [0.15, 0.2) is 36.7 Å². The van der Waals surface area contributed by atoms with Crippen LogP contribution in [-0.4, -0.2) is 33.9 Å². The molecule has 0 saturated heterocycles. The van der Waals surface area contributed by atoms with Gasteiger partial charge in [0.1, 0.15) is 0 Å². The molecule has 1 heterocycles. The molecule has 124 valence electrons. The van der Waals surface area contributed by atoms with Crippen molar-refractivity contribution in [3.63, 3.8) is 0 Å². The Balaban J connectivity index is 1.91.